The van der Waals surface area contributed by atoms with Crippen molar-refractivity contribution in [2.24, 2.45) is 5.92 Å². The van der Waals surface area contributed by atoms with Gasteiger partial charge in [-0.05, 0) is 32.1 Å². The second-order valence-electron chi connectivity index (χ2n) is 5.97. The first-order valence-electron chi connectivity index (χ1n) is 6.88. The predicted molar refractivity (Wildman–Crippen MR) is 69.8 cm³/mol. The van der Waals surface area contributed by atoms with E-state index in [4.69, 9.17) is 5.11 Å². The molecule has 0 heterocycles. The molecule has 5 nitrogen and oxygen atoms in total. The van der Waals surface area contributed by atoms with Crippen LogP contribution < -0.4 is 5.32 Å². The molecule has 21 heavy (non-hydrogen) atoms. The molecule has 0 radical (unpaired) electrons. The van der Waals surface area contributed by atoms with Crippen LogP contribution in [0.5, 0.6) is 0 Å². The van der Waals surface area contributed by atoms with E-state index in [1.165, 1.54) is 4.90 Å². The second-order valence-corrected chi connectivity index (χ2v) is 5.97. The molecule has 0 spiro atoms. The number of rotatable bonds is 6. The Morgan fingerprint density at radius 1 is 1.33 bits per heavy atom. The molecular weight excluding hydrogens is 289 g/mol. The summed E-state index contributed by atoms with van der Waals surface area (Å²) in [4.78, 5) is 24.3. The summed E-state index contributed by atoms with van der Waals surface area (Å²) in [6.45, 7) is 4.67. The fourth-order valence-corrected chi connectivity index (χ4v) is 1.76. The van der Waals surface area contributed by atoms with Crippen molar-refractivity contribution in [1.82, 2.24) is 10.2 Å². The number of carboxylic acids is 1. The van der Waals surface area contributed by atoms with Crippen molar-refractivity contribution in [2.45, 2.75) is 57.8 Å². The van der Waals surface area contributed by atoms with Gasteiger partial charge in [-0.3, -0.25) is 0 Å². The third-order valence-electron chi connectivity index (χ3n) is 3.55. The summed E-state index contributed by atoms with van der Waals surface area (Å²) in [6, 6.07) is -1.06. The van der Waals surface area contributed by atoms with Crippen molar-refractivity contribution in [2.75, 3.05) is 6.54 Å². The van der Waals surface area contributed by atoms with Gasteiger partial charge in [0.2, 0.25) is 5.54 Å². The third-order valence-corrected chi connectivity index (χ3v) is 3.55. The molecule has 8 heteroatoms. The van der Waals surface area contributed by atoms with Crippen molar-refractivity contribution in [1.29, 1.82) is 0 Å². The first-order chi connectivity index (χ1) is 9.49. The minimum atomic E-state index is -5.07. The topological polar surface area (TPSA) is 69.6 Å². The quantitative estimate of drug-likeness (QED) is 0.792. The zero-order valence-electron chi connectivity index (χ0n) is 12.3. The normalized spacial score (nSPS) is 18.2. The van der Waals surface area contributed by atoms with Gasteiger partial charge >= 0.3 is 18.2 Å². The number of hydrogen-bond acceptors (Lipinski definition) is 2. The SMILES string of the molecule is CC(C)CCN(C(=O)NC(C)(C(=O)O)C(F)(F)F)C1CC1. The lowest BCUT2D eigenvalue weighted by molar-refractivity contribution is -0.203. The molecule has 0 aromatic heterocycles. The highest BCUT2D eigenvalue weighted by Crippen LogP contribution is 2.32. The molecule has 1 fully saturated rings. The lowest BCUT2D eigenvalue weighted by atomic mass is 10.0. The number of carbonyl (C=O) groups is 2. The van der Waals surface area contributed by atoms with Crippen LogP contribution in [0.15, 0.2) is 0 Å². The molecule has 1 unspecified atom stereocenters. The summed E-state index contributed by atoms with van der Waals surface area (Å²) in [5.74, 6) is -1.82. The number of carboxylic acid groups (broad SMARTS) is 1. The van der Waals surface area contributed by atoms with Crippen LogP contribution in [0.4, 0.5) is 18.0 Å². The van der Waals surface area contributed by atoms with Crippen LogP contribution >= 0.6 is 0 Å². The zero-order chi connectivity index (χ0) is 16.4. The van der Waals surface area contributed by atoms with E-state index in [0.29, 0.717) is 25.8 Å². The van der Waals surface area contributed by atoms with Crippen molar-refractivity contribution in [3.63, 3.8) is 0 Å². The summed E-state index contributed by atoms with van der Waals surface area (Å²) in [6.07, 6.45) is -2.94. The number of amides is 2. The number of alkyl halides is 3. The molecule has 0 saturated heterocycles. The first kappa shape index (κ1) is 17.6. The monoisotopic (exact) mass is 310 g/mol. The third kappa shape index (κ3) is 4.25. The van der Waals surface area contributed by atoms with E-state index in [0.717, 1.165) is 12.8 Å². The van der Waals surface area contributed by atoms with Gasteiger partial charge in [0.25, 0.3) is 0 Å². The molecular formula is C13H21F3N2O3. The number of aliphatic carboxylic acids is 1. The van der Waals surface area contributed by atoms with Gasteiger partial charge in [-0.15, -0.1) is 0 Å². The molecule has 1 atom stereocenters. The smallest absolute Gasteiger partial charge is 0.422 e. The van der Waals surface area contributed by atoms with Gasteiger partial charge in [-0.1, -0.05) is 13.8 Å². The molecule has 2 amide bonds. The van der Waals surface area contributed by atoms with Gasteiger partial charge in [-0.2, -0.15) is 13.2 Å². The van der Waals surface area contributed by atoms with Crippen LogP contribution in [0.25, 0.3) is 0 Å². The van der Waals surface area contributed by atoms with Crippen molar-refractivity contribution in [3.8, 4) is 0 Å². The zero-order valence-corrected chi connectivity index (χ0v) is 12.3. The maximum Gasteiger partial charge on any atom is 0.422 e. The van der Waals surface area contributed by atoms with E-state index in [9.17, 15) is 22.8 Å². The van der Waals surface area contributed by atoms with Gasteiger partial charge < -0.3 is 15.3 Å². The molecule has 1 saturated carbocycles. The highest BCUT2D eigenvalue weighted by Gasteiger charge is 2.59. The van der Waals surface area contributed by atoms with E-state index in [1.54, 1.807) is 5.32 Å². The molecule has 1 aliphatic rings. The summed E-state index contributed by atoms with van der Waals surface area (Å²) in [5, 5.41) is 10.5. The lowest BCUT2D eigenvalue weighted by Crippen LogP contribution is -2.64. The summed E-state index contributed by atoms with van der Waals surface area (Å²) >= 11 is 0. The van der Waals surface area contributed by atoms with Crippen molar-refractivity contribution >= 4 is 12.0 Å². The fraction of sp³-hybridized carbons (Fsp3) is 0.846. The lowest BCUT2D eigenvalue weighted by Gasteiger charge is -2.32. The fourth-order valence-electron chi connectivity index (χ4n) is 1.76. The minimum absolute atomic E-state index is 0.0879. The Kier molecular flexibility index (Phi) is 5.11. The Bertz CT molecular complexity index is 408. The van der Waals surface area contributed by atoms with Crippen molar-refractivity contribution < 1.29 is 27.9 Å². The van der Waals surface area contributed by atoms with Crippen LogP contribution in [-0.4, -0.2) is 46.3 Å². The van der Waals surface area contributed by atoms with E-state index in [2.05, 4.69) is 0 Å². The van der Waals surface area contributed by atoms with Gasteiger partial charge in [0.15, 0.2) is 0 Å². The van der Waals surface area contributed by atoms with E-state index < -0.39 is 23.7 Å². The molecule has 122 valence electrons. The van der Waals surface area contributed by atoms with Crippen LogP contribution in [0, 0.1) is 5.92 Å². The minimum Gasteiger partial charge on any atom is -0.479 e. The van der Waals surface area contributed by atoms with Gasteiger partial charge in [0, 0.05) is 12.6 Å². The molecule has 0 aliphatic heterocycles. The summed E-state index contributed by atoms with van der Waals surface area (Å²) in [7, 11) is 0. The Labute approximate surface area is 121 Å². The van der Waals surface area contributed by atoms with Gasteiger partial charge in [-0.25, -0.2) is 9.59 Å². The van der Waals surface area contributed by atoms with E-state index in [-0.39, 0.29) is 6.04 Å². The highest BCUT2D eigenvalue weighted by molar-refractivity contribution is 5.87. The number of nitrogens with one attached hydrogen (secondary N) is 1. The van der Waals surface area contributed by atoms with Gasteiger partial charge in [0.05, 0.1) is 0 Å². The summed E-state index contributed by atoms with van der Waals surface area (Å²) < 4.78 is 38.7. The van der Waals surface area contributed by atoms with Crippen LogP contribution in [0.1, 0.15) is 40.0 Å². The summed E-state index contributed by atoms with van der Waals surface area (Å²) in [5.41, 5.74) is -3.28. The maximum atomic E-state index is 12.9. The Balaban J connectivity index is 2.81. The Morgan fingerprint density at radius 3 is 2.19 bits per heavy atom. The second kappa shape index (κ2) is 6.11. The van der Waals surface area contributed by atoms with Crippen LogP contribution in [0.2, 0.25) is 0 Å². The molecule has 2 N–H and O–H groups in total. The highest BCUT2D eigenvalue weighted by atomic mass is 19.4. The number of halogens is 3. The average molecular weight is 310 g/mol. The van der Waals surface area contributed by atoms with Crippen molar-refractivity contribution in [3.05, 3.63) is 0 Å². The number of urea groups is 1. The molecule has 0 bridgehead atoms. The van der Waals surface area contributed by atoms with Crippen LogP contribution in [0.3, 0.4) is 0 Å². The average Bonchev–Trinajstić information content (AvgIpc) is 3.11. The Morgan fingerprint density at radius 2 is 1.86 bits per heavy atom. The van der Waals surface area contributed by atoms with Crippen LogP contribution in [-0.2, 0) is 4.79 Å². The largest absolute Gasteiger partial charge is 0.479 e. The number of carbonyl (C=O) groups excluding carboxylic acids is 1. The molecule has 1 rings (SSSR count). The first-order valence-corrected chi connectivity index (χ1v) is 6.88. The van der Waals surface area contributed by atoms with E-state index >= 15 is 0 Å². The Hall–Kier alpha value is -1.47. The standard InChI is InChI=1S/C13H21F3N2O3/c1-8(2)6-7-18(9-4-5-9)11(21)17-12(3,10(19)20)13(14,15)16/h8-9H,4-7H2,1-3H3,(H,17,21)(H,19,20). The molecule has 1 aliphatic carbocycles. The van der Waals surface area contributed by atoms with Gasteiger partial charge in [0.1, 0.15) is 0 Å². The number of nitrogens with zero attached hydrogens (tertiary/aromatic N) is 1. The van der Waals surface area contributed by atoms with E-state index in [1.807, 2.05) is 13.8 Å². The molecule has 0 aromatic carbocycles. The number of hydrogen-bond donors (Lipinski definition) is 2. The predicted octanol–water partition coefficient (Wildman–Crippen LogP) is 2.61. The molecule has 0 aromatic rings. The maximum absolute atomic E-state index is 12.9.